The summed E-state index contributed by atoms with van der Waals surface area (Å²) in [5.41, 5.74) is 1.86. The number of amidine groups is 1. The Balaban J connectivity index is 1.95. The molecule has 0 fully saturated rings. The van der Waals surface area contributed by atoms with Crippen molar-refractivity contribution in [2.45, 2.75) is 25.8 Å². The van der Waals surface area contributed by atoms with E-state index in [1.807, 2.05) is 36.6 Å². The molecule has 1 atom stereocenters. The molecule has 1 unspecified atom stereocenters. The summed E-state index contributed by atoms with van der Waals surface area (Å²) >= 11 is 2.92. The second kappa shape index (κ2) is 7.36. The molecule has 1 aliphatic rings. The van der Waals surface area contributed by atoms with E-state index in [1.165, 1.54) is 11.3 Å². The third kappa shape index (κ3) is 3.32. The Morgan fingerprint density at radius 1 is 1.46 bits per heavy atom. The zero-order valence-electron chi connectivity index (χ0n) is 13.6. The number of thiazole rings is 1. The first kappa shape index (κ1) is 17.0. The number of hydrogen-bond acceptors (Lipinski definition) is 5. The molecule has 7 heteroatoms. The molecule has 3 rings (SSSR count). The van der Waals surface area contributed by atoms with Gasteiger partial charge < -0.3 is 10.0 Å². The quantitative estimate of drug-likeness (QED) is 0.655. The van der Waals surface area contributed by atoms with Crippen molar-refractivity contribution < 1.29 is 9.90 Å². The van der Waals surface area contributed by atoms with Crippen LogP contribution in [0, 0.1) is 0 Å². The Kier molecular flexibility index (Phi) is 5.20. The Labute approximate surface area is 149 Å². The fraction of sp³-hybridized carbons (Fsp3) is 0.353. The molecule has 24 heavy (non-hydrogen) atoms. The molecule has 0 amide bonds. The van der Waals surface area contributed by atoms with E-state index in [2.05, 4.69) is 16.8 Å². The minimum absolute atomic E-state index is 0.134. The largest absolute Gasteiger partial charge is 0.476 e. The van der Waals surface area contributed by atoms with Crippen LogP contribution in [0.3, 0.4) is 0 Å². The summed E-state index contributed by atoms with van der Waals surface area (Å²) in [5.74, 6) is -0.946. The summed E-state index contributed by atoms with van der Waals surface area (Å²) in [6.45, 7) is 2.92. The molecule has 0 aliphatic carbocycles. The molecule has 2 aromatic rings. The van der Waals surface area contributed by atoms with Crippen LogP contribution in [0.5, 0.6) is 0 Å². The van der Waals surface area contributed by atoms with Gasteiger partial charge in [0.15, 0.2) is 5.17 Å². The lowest BCUT2D eigenvalue weighted by Gasteiger charge is -2.36. The van der Waals surface area contributed by atoms with Crippen molar-refractivity contribution in [2.75, 3.05) is 12.8 Å². The number of para-hydroxylation sites is 1. The van der Waals surface area contributed by atoms with Gasteiger partial charge in [-0.25, -0.2) is 14.8 Å². The lowest BCUT2D eigenvalue weighted by atomic mass is 10.0. The predicted octanol–water partition coefficient (Wildman–Crippen LogP) is 4.20. The van der Waals surface area contributed by atoms with Crippen LogP contribution in [0.15, 0.2) is 35.3 Å². The van der Waals surface area contributed by atoms with Crippen LogP contribution >= 0.6 is 23.1 Å². The fourth-order valence-corrected chi connectivity index (χ4v) is 4.69. The van der Waals surface area contributed by atoms with Crippen LogP contribution in [0.25, 0.3) is 0 Å². The third-order valence-electron chi connectivity index (χ3n) is 3.97. The fourth-order valence-electron chi connectivity index (χ4n) is 2.89. The Hall–Kier alpha value is -1.86. The first-order chi connectivity index (χ1) is 11.6. The van der Waals surface area contributed by atoms with Gasteiger partial charge in [-0.1, -0.05) is 36.9 Å². The molecule has 0 spiro atoms. The molecule has 5 nitrogen and oxygen atoms in total. The van der Waals surface area contributed by atoms with Crippen molar-refractivity contribution in [3.63, 3.8) is 0 Å². The number of carboxylic acids is 1. The molecule has 0 bridgehead atoms. The van der Waals surface area contributed by atoms with Crippen molar-refractivity contribution in [1.82, 2.24) is 9.88 Å². The van der Waals surface area contributed by atoms with Crippen LogP contribution in [-0.4, -0.2) is 38.9 Å². The van der Waals surface area contributed by atoms with E-state index in [-0.39, 0.29) is 11.0 Å². The molecule has 1 aliphatic heterocycles. The second-order valence-electron chi connectivity index (χ2n) is 5.44. The van der Waals surface area contributed by atoms with E-state index in [0.29, 0.717) is 0 Å². The highest BCUT2D eigenvalue weighted by atomic mass is 32.2. The van der Waals surface area contributed by atoms with Gasteiger partial charge in [-0.2, -0.15) is 0 Å². The molecule has 126 valence electrons. The van der Waals surface area contributed by atoms with Gasteiger partial charge in [0, 0.05) is 13.0 Å². The van der Waals surface area contributed by atoms with Crippen LogP contribution in [0.1, 0.15) is 39.8 Å². The van der Waals surface area contributed by atoms with Crippen LogP contribution < -0.4 is 0 Å². The number of fused-ring (bicyclic) bond motifs is 1. The lowest BCUT2D eigenvalue weighted by Crippen LogP contribution is -2.37. The number of aromatic carboxylic acids is 1. The van der Waals surface area contributed by atoms with Gasteiger partial charge in [0.1, 0.15) is 0 Å². The summed E-state index contributed by atoms with van der Waals surface area (Å²) in [7, 11) is 0. The Morgan fingerprint density at radius 2 is 2.21 bits per heavy atom. The van der Waals surface area contributed by atoms with Gasteiger partial charge in [-0.3, -0.25) is 0 Å². The van der Waals surface area contributed by atoms with Gasteiger partial charge in [-0.05, 0) is 24.8 Å². The third-order valence-corrected chi connectivity index (χ3v) is 5.85. The van der Waals surface area contributed by atoms with Crippen molar-refractivity contribution in [3.8, 4) is 0 Å². The average molecular weight is 361 g/mol. The normalized spacial score (nSPS) is 17.7. The SMILES string of the molecule is CCC1c2sc(C(=O)O)nc2CCN1/C(=N/c1ccccc1)SC. The van der Waals surface area contributed by atoms with Gasteiger partial charge in [-0.15, -0.1) is 11.3 Å². The van der Waals surface area contributed by atoms with E-state index < -0.39 is 5.97 Å². The molecule has 0 saturated carbocycles. The number of hydrogen-bond donors (Lipinski definition) is 1. The second-order valence-corrected chi connectivity index (χ2v) is 7.24. The summed E-state index contributed by atoms with van der Waals surface area (Å²) < 4.78 is 0. The minimum atomic E-state index is -0.946. The summed E-state index contributed by atoms with van der Waals surface area (Å²) in [5, 5.41) is 10.4. The number of aromatic nitrogens is 1. The monoisotopic (exact) mass is 361 g/mol. The number of carboxylic acid groups (broad SMARTS) is 1. The molecule has 1 N–H and O–H groups in total. The summed E-state index contributed by atoms with van der Waals surface area (Å²) in [6, 6.07) is 10.0. The molecule has 1 aromatic carbocycles. The highest BCUT2D eigenvalue weighted by Gasteiger charge is 2.32. The topological polar surface area (TPSA) is 65.8 Å². The zero-order chi connectivity index (χ0) is 17.1. The predicted molar refractivity (Wildman–Crippen MR) is 99.6 cm³/mol. The smallest absolute Gasteiger partial charge is 0.365 e. The number of aliphatic imine (C=N–C) groups is 1. The van der Waals surface area contributed by atoms with E-state index in [0.717, 1.165) is 40.8 Å². The number of carbonyl (C=O) groups is 1. The van der Waals surface area contributed by atoms with E-state index in [1.54, 1.807) is 11.8 Å². The first-order valence-electron chi connectivity index (χ1n) is 7.81. The number of rotatable bonds is 3. The molecular formula is C17H19N3O2S2. The molecule has 1 aromatic heterocycles. The van der Waals surface area contributed by atoms with Gasteiger partial charge in [0.25, 0.3) is 0 Å². The average Bonchev–Trinajstić information content (AvgIpc) is 3.04. The highest BCUT2D eigenvalue weighted by molar-refractivity contribution is 8.13. The van der Waals surface area contributed by atoms with Crippen molar-refractivity contribution >= 4 is 39.9 Å². The van der Waals surface area contributed by atoms with Crippen molar-refractivity contribution in [2.24, 2.45) is 4.99 Å². The van der Waals surface area contributed by atoms with E-state index >= 15 is 0 Å². The summed E-state index contributed by atoms with van der Waals surface area (Å²) in [6.07, 6.45) is 3.67. The number of nitrogens with zero attached hydrogens (tertiary/aromatic N) is 3. The van der Waals surface area contributed by atoms with E-state index in [9.17, 15) is 9.90 Å². The zero-order valence-corrected chi connectivity index (χ0v) is 15.2. The van der Waals surface area contributed by atoms with Gasteiger partial charge in [0.2, 0.25) is 5.01 Å². The van der Waals surface area contributed by atoms with Crippen LogP contribution in [0.4, 0.5) is 5.69 Å². The van der Waals surface area contributed by atoms with Crippen LogP contribution in [-0.2, 0) is 6.42 Å². The highest BCUT2D eigenvalue weighted by Crippen LogP contribution is 2.38. The first-order valence-corrected chi connectivity index (χ1v) is 9.85. The lowest BCUT2D eigenvalue weighted by molar-refractivity contribution is 0.0696. The molecule has 0 saturated heterocycles. The maximum atomic E-state index is 11.2. The maximum absolute atomic E-state index is 11.2. The number of benzene rings is 1. The number of thioether (sulfide) groups is 1. The van der Waals surface area contributed by atoms with Crippen molar-refractivity contribution in [1.29, 1.82) is 0 Å². The Morgan fingerprint density at radius 3 is 2.83 bits per heavy atom. The summed E-state index contributed by atoms with van der Waals surface area (Å²) in [4.78, 5) is 23.7. The van der Waals surface area contributed by atoms with Crippen LogP contribution in [0.2, 0.25) is 0 Å². The molecular weight excluding hydrogens is 342 g/mol. The Bertz CT molecular complexity index is 758. The minimum Gasteiger partial charge on any atom is -0.476 e. The van der Waals surface area contributed by atoms with Gasteiger partial charge in [0.05, 0.1) is 22.3 Å². The van der Waals surface area contributed by atoms with Crippen molar-refractivity contribution in [3.05, 3.63) is 45.9 Å². The standard InChI is InChI=1S/C17H19N3O2S2/c1-3-13-14-12(19-15(24-14)16(21)22)9-10-20(13)17(23-2)18-11-7-5-4-6-8-11/h4-8,13H,3,9-10H2,1-2H3,(H,21,22)/b18-17-. The molecule has 2 heterocycles. The maximum Gasteiger partial charge on any atom is 0.365 e. The molecule has 0 radical (unpaired) electrons. The van der Waals surface area contributed by atoms with E-state index in [4.69, 9.17) is 4.99 Å². The van der Waals surface area contributed by atoms with Gasteiger partial charge >= 0.3 is 5.97 Å².